The molecular formula is C116H117BN4O. The smallest absolute Gasteiger partial charge is 0.252 e. The Bertz CT molecular complexity index is 6870. The molecule has 122 heavy (non-hydrogen) atoms. The van der Waals surface area contributed by atoms with Gasteiger partial charge in [-0.05, 0) is 258 Å². The molecule has 6 heteroatoms. The molecule has 0 bridgehead atoms. The van der Waals surface area contributed by atoms with Crippen molar-refractivity contribution in [3.05, 3.63) is 317 Å². The summed E-state index contributed by atoms with van der Waals surface area (Å²) in [4.78, 5) is 5.32. The maximum absolute atomic E-state index is 8.05. The van der Waals surface area contributed by atoms with Crippen LogP contribution in [0.15, 0.2) is 277 Å². The van der Waals surface area contributed by atoms with Crippen LogP contribution in [-0.2, 0) is 43.3 Å². The molecule has 0 N–H and O–H groups in total. The molecule has 0 amide bonds. The minimum atomic E-state index is -0.270. The van der Waals surface area contributed by atoms with Crippen LogP contribution in [0, 0.1) is 0 Å². The predicted molar refractivity (Wildman–Crippen MR) is 528 cm³/mol. The van der Waals surface area contributed by atoms with Gasteiger partial charge in [-0.15, -0.1) is 0 Å². The summed E-state index contributed by atoms with van der Waals surface area (Å²) in [5.74, 6) is 0. The van der Waals surface area contributed by atoms with Gasteiger partial charge in [-0.3, -0.25) is 0 Å². The van der Waals surface area contributed by atoms with Crippen molar-refractivity contribution in [1.82, 2.24) is 9.13 Å². The number of benzene rings is 14. The van der Waals surface area contributed by atoms with Gasteiger partial charge < -0.3 is 23.4 Å². The fraction of sp³-hybridized carbons (Fsp3) is 0.276. The van der Waals surface area contributed by atoms with Gasteiger partial charge in [0, 0.05) is 66.4 Å². The molecule has 0 saturated heterocycles. The Balaban J connectivity index is 0.962. The van der Waals surface area contributed by atoms with Crippen molar-refractivity contribution in [2.75, 3.05) is 9.80 Å². The Morgan fingerprint density at radius 1 is 0.205 bits per heavy atom. The monoisotopic (exact) mass is 1590 g/mol. The molecule has 2 aliphatic heterocycles. The normalized spacial score (nSPS) is 13.7. The lowest BCUT2D eigenvalue weighted by molar-refractivity contribution is 0.568. The quantitative estimate of drug-likeness (QED) is 0.142. The number of rotatable bonds is 8. The number of hydrogen-bond donors (Lipinski definition) is 0. The van der Waals surface area contributed by atoms with Crippen LogP contribution in [0.1, 0.15) is 211 Å². The van der Waals surface area contributed by atoms with Gasteiger partial charge in [0.1, 0.15) is 0 Å². The van der Waals surface area contributed by atoms with Gasteiger partial charge in [-0.25, -0.2) is 0 Å². The molecule has 3 aromatic heterocycles. The van der Waals surface area contributed by atoms with E-state index in [1.165, 1.54) is 105 Å². The molecule has 610 valence electrons. The summed E-state index contributed by atoms with van der Waals surface area (Å²) in [6.45, 7) is 56.0. The van der Waals surface area contributed by atoms with Crippen molar-refractivity contribution in [2.24, 2.45) is 0 Å². The summed E-state index contributed by atoms with van der Waals surface area (Å²) in [6, 6.07) is 107. The average Bonchev–Trinajstić information content (AvgIpc) is 0.761. The minimum absolute atomic E-state index is 0.0584. The van der Waals surface area contributed by atoms with Gasteiger partial charge >= 0.3 is 0 Å². The molecule has 0 saturated carbocycles. The van der Waals surface area contributed by atoms with Crippen LogP contribution in [0.4, 0.5) is 34.1 Å². The summed E-state index contributed by atoms with van der Waals surface area (Å²) < 4.78 is 13.1. The van der Waals surface area contributed by atoms with E-state index in [9.17, 15) is 0 Å². The second-order valence-electron chi connectivity index (χ2n) is 43.7. The number of para-hydroxylation sites is 2. The van der Waals surface area contributed by atoms with E-state index in [1.807, 2.05) is 0 Å². The van der Waals surface area contributed by atoms with Gasteiger partial charge in [0.15, 0.2) is 11.2 Å². The zero-order valence-corrected chi connectivity index (χ0v) is 76.3. The molecule has 2 aliphatic rings. The molecule has 17 aromatic rings. The lowest BCUT2D eigenvalue weighted by atomic mass is 9.33. The Morgan fingerprint density at radius 2 is 0.549 bits per heavy atom. The van der Waals surface area contributed by atoms with E-state index < -0.39 is 0 Å². The van der Waals surface area contributed by atoms with E-state index in [0.29, 0.717) is 0 Å². The summed E-state index contributed by atoms with van der Waals surface area (Å²) in [5, 5.41) is 7.11. The largest absolute Gasteiger partial charge is 0.452 e. The van der Waals surface area contributed by atoms with Crippen LogP contribution in [0.25, 0.3) is 121 Å². The summed E-state index contributed by atoms with van der Waals surface area (Å²) in [5.41, 5.74) is 37.4. The Kier molecular flexibility index (Phi) is 18.2. The summed E-state index contributed by atoms with van der Waals surface area (Å²) >= 11 is 0. The zero-order valence-electron chi connectivity index (χ0n) is 76.3. The molecule has 0 aliphatic carbocycles. The Morgan fingerprint density at radius 3 is 0.967 bits per heavy atom. The fourth-order valence-corrected chi connectivity index (χ4v) is 19.2. The molecule has 14 aromatic carbocycles. The molecule has 0 unspecified atom stereocenters. The first-order valence-corrected chi connectivity index (χ1v) is 44.3. The molecule has 5 heterocycles. The van der Waals surface area contributed by atoms with Crippen molar-refractivity contribution >= 4 is 123 Å². The highest BCUT2D eigenvalue weighted by atomic mass is 16.3. The highest BCUT2D eigenvalue weighted by molar-refractivity contribution is 7.00. The molecule has 5 nitrogen and oxygen atoms in total. The second-order valence-corrected chi connectivity index (χ2v) is 43.7. The number of furan rings is 1. The van der Waals surface area contributed by atoms with Gasteiger partial charge in [0.25, 0.3) is 6.71 Å². The van der Waals surface area contributed by atoms with Crippen molar-refractivity contribution in [1.29, 1.82) is 0 Å². The molecule has 19 rings (SSSR count). The highest BCUT2D eigenvalue weighted by Crippen LogP contribution is 2.53. The lowest BCUT2D eigenvalue weighted by Crippen LogP contribution is -2.61. The number of anilines is 6. The van der Waals surface area contributed by atoms with Gasteiger partial charge in [0.2, 0.25) is 0 Å². The third kappa shape index (κ3) is 13.6. The van der Waals surface area contributed by atoms with E-state index in [2.05, 4.69) is 458 Å². The highest BCUT2D eigenvalue weighted by Gasteiger charge is 2.46. The van der Waals surface area contributed by atoms with Crippen LogP contribution >= 0.6 is 0 Å². The van der Waals surface area contributed by atoms with E-state index in [-0.39, 0.29) is 50.0 Å². The third-order valence-electron chi connectivity index (χ3n) is 26.7. The maximum atomic E-state index is 8.05. The van der Waals surface area contributed by atoms with E-state index in [0.717, 1.165) is 112 Å². The topological polar surface area (TPSA) is 29.5 Å². The summed E-state index contributed by atoms with van der Waals surface area (Å²) in [6.07, 6.45) is 0. The predicted octanol–water partition coefficient (Wildman–Crippen LogP) is 30.9. The van der Waals surface area contributed by atoms with E-state index in [4.69, 9.17) is 4.42 Å². The first kappa shape index (κ1) is 79.9. The van der Waals surface area contributed by atoms with Crippen molar-refractivity contribution in [3.8, 4) is 55.9 Å². The Labute approximate surface area is 724 Å². The van der Waals surface area contributed by atoms with Crippen LogP contribution in [-0.4, -0.2) is 15.8 Å². The number of nitrogens with zero attached hydrogens (tertiary/aromatic N) is 4. The standard InChI is InChI=1S/C116H117BN4O/c1-109(2,3)78-42-49-96-90(65-78)91-66-79(110(4,5)6)43-50-97(91)118(96)86-46-48-95-103(69-86)119(87-58-73(70-33-27-25-28-34-70)53-74(59-87)71-35-29-26-30-36-71)104-61-77(76-56-84(115(19,20)21)64-85(57-76)116(22,23)24)62-105-106(104)117(95)94-47-41-72(75-54-82(113(13,14)15)63-83(55-75)114(16,17)18)60-102(94)121(105)101-40-32-38-89-88-37-31-39-100(107(88)122-108(89)101)120-98-51-44-80(111(7,8)9)67-92(98)93-68-81(112(10,11)12)45-52-99(93)120/h25-69H,1-24H3. The number of fused-ring (bicyclic) bond motifs is 13. The molecule has 0 atom stereocenters. The average molecular weight is 1590 g/mol. The van der Waals surface area contributed by atoms with E-state index >= 15 is 0 Å². The molecule has 0 radical (unpaired) electrons. The van der Waals surface area contributed by atoms with Crippen LogP contribution in [0.5, 0.6) is 0 Å². The van der Waals surface area contributed by atoms with Gasteiger partial charge in [-0.1, -0.05) is 330 Å². The Hall–Kier alpha value is -11.9. The van der Waals surface area contributed by atoms with Gasteiger partial charge in [0.05, 0.1) is 33.4 Å². The number of hydrogen-bond acceptors (Lipinski definition) is 3. The molecule has 0 fully saturated rings. The van der Waals surface area contributed by atoms with Crippen molar-refractivity contribution in [2.45, 2.75) is 209 Å². The maximum Gasteiger partial charge on any atom is 0.252 e. The first-order valence-electron chi connectivity index (χ1n) is 44.3. The number of aromatic nitrogens is 2. The minimum Gasteiger partial charge on any atom is -0.452 e. The third-order valence-corrected chi connectivity index (χ3v) is 26.7. The second kappa shape index (κ2) is 27.8. The van der Waals surface area contributed by atoms with Crippen LogP contribution in [0.3, 0.4) is 0 Å². The SMILES string of the molecule is CC(C)(C)c1cc(-c2ccc3c(c2)N(c2cccc4c2oc2c(-n5c6ccc(C(C)(C)C)cc6c6cc(C(C)(C)C)ccc65)cccc24)c2cc(-c4cc(C(C)(C)C)cc(C(C)(C)C)c4)cc4c2B3c2ccc(-n3c5ccc(C(C)(C)C)cc5c5cc(C(C)(C)C)ccc53)cc2N4c2cc(-c3ccccc3)cc(-c3ccccc3)c2)cc(C(C)(C)C)c1. The van der Waals surface area contributed by atoms with Crippen LogP contribution < -0.4 is 26.2 Å². The van der Waals surface area contributed by atoms with Crippen molar-refractivity contribution in [3.63, 3.8) is 0 Å². The zero-order chi connectivity index (χ0) is 85.9. The van der Waals surface area contributed by atoms with E-state index in [1.54, 1.807) is 0 Å². The summed E-state index contributed by atoms with van der Waals surface area (Å²) in [7, 11) is 0. The van der Waals surface area contributed by atoms with Gasteiger partial charge in [-0.2, -0.15) is 0 Å². The lowest BCUT2D eigenvalue weighted by Gasteiger charge is -2.45. The molecule has 0 spiro atoms. The van der Waals surface area contributed by atoms with Crippen LogP contribution in [0.2, 0.25) is 0 Å². The fourth-order valence-electron chi connectivity index (χ4n) is 19.2. The molecular weight excluding hydrogens is 1480 g/mol. The first-order chi connectivity index (χ1) is 57.5. The van der Waals surface area contributed by atoms with Crippen molar-refractivity contribution < 1.29 is 4.42 Å².